The molecule has 0 saturated heterocycles. The van der Waals surface area contributed by atoms with Crippen molar-refractivity contribution in [2.45, 2.75) is 33.3 Å². The van der Waals surface area contributed by atoms with Crippen molar-refractivity contribution in [3.8, 4) is 5.75 Å². The number of ether oxygens (including phenoxy) is 3. The van der Waals surface area contributed by atoms with Gasteiger partial charge in [0.25, 0.3) is 0 Å². The molecule has 1 N–H and O–H groups in total. The summed E-state index contributed by atoms with van der Waals surface area (Å²) in [4.78, 5) is 25.2. The molecular formula is C19H20BrF2NO5. The first-order chi connectivity index (χ1) is 13.2. The monoisotopic (exact) mass is 459 g/mol. The summed E-state index contributed by atoms with van der Waals surface area (Å²) >= 11 is 3.30. The Hall–Kier alpha value is -2.42. The third-order valence-corrected chi connectivity index (χ3v) is 4.65. The van der Waals surface area contributed by atoms with E-state index in [1.54, 1.807) is 20.8 Å². The molecule has 0 fully saturated rings. The molecule has 0 spiro atoms. The maximum atomic E-state index is 13.0. The molecule has 9 heteroatoms. The molecule has 1 aliphatic rings. The Balaban J connectivity index is 2.77. The normalized spacial score (nSPS) is 16.8. The Bertz CT molecular complexity index is 851. The number of dihydropyridines is 1. The quantitative estimate of drug-likeness (QED) is 0.647. The van der Waals surface area contributed by atoms with Gasteiger partial charge >= 0.3 is 18.6 Å². The van der Waals surface area contributed by atoms with Gasteiger partial charge in [0.15, 0.2) is 0 Å². The van der Waals surface area contributed by atoms with Crippen LogP contribution in [0.5, 0.6) is 5.75 Å². The van der Waals surface area contributed by atoms with E-state index in [1.807, 2.05) is 0 Å². The number of nitrogens with one attached hydrogen (secondary N) is 1. The lowest BCUT2D eigenvalue weighted by Crippen LogP contribution is -2.32. The lowest BCUT2D eigenvalue weighted by atomic mass is 9.80. The van der Waals surface area contributed by atoms with Gasteiger partial charge in [-0.2, -0.15) is 8.78 Å². The van der Waals surface area contributed by atoms with Crippen LogP contribution in [-0.4, -0.2) is 32.3 Å². The number of hydrogen-bond acceptors (Lipinski definition) is 6. The Kier molecular flexibility index (Phi) is 7.17. The van der Waals surface area contributed by atoms with Crippen LogP contribution in [0.15, 0.2) is 45.2 Å². The number of allylic oxidation sites excluding steroid dienone is 2. The second kappa shape index (κ2) is 9.18. The van der Waals surface area contributed by atoms with E-state index in [9.17, 15) is 18.4 Å². The summed E-state index contributed by atoms with van der Waals surface area (Å²) in [6, 6.07) is 4.39. The Morgan fingerprint density at radius 3 is 2.32 bits per heavy atom. The summed E-state index contributed by atoms with van der Waals surface area (Å²) in [7, 11) is 1.20. The molecule has 152 valence electrons. The van der Waals surface area contributed by atoms with E-state index < -0.39 is 24.5 Å². The second-order valence-corrected chi connectivity index (χ2v) is 6.82. The molecule has 0 amide bonds. The Morgan fingerprint density at radius 1 is 1.18 bits per heavy atom. The zero-order valence-electron chi connectivity index (χ0n) is 15.8. The highest BCUT2D eigenvalue weighted by Crippen LogP contribution is 2.44. The number of halogens is 3. The van der Waals surface area contributed by atoms with Gasteiger partial charge in [-0.3, -0.25) is 0 Å². The molecule has 6 nitrogen and oxygen atoms in total. The van der Waals surface area contributed by atoms with Gasteiger partial charge in [0.05, 0.1) is 30.8 Å². The van der Waals surface area contributed by atoms with Crippen molar-refractivity contribution in [2.24, 2.45) is 0 Å². The summed E-state index contributed by atoms with van der Waals surface area (Å²) in [6.45, 7) is 1.95. The van der Waals surface area contributed by atoms with Crippen molar-refractivity contribution >= 4 is 27.9 Å². The minimum absolute atomic E-state index is 0.105. The van der Waals surface area contributed by atoms with E-state index in [-0.39, 0.29) is 29.1 Å². The van der Waals surface area contributed by atoms with E-state index in [4.69, 9.17) is 9.47 Å². The first kappa shape index (κ1) is 21.9. The van der Waals surface area contributed by atoms with Gasteiger partial charge in [-0.05, 0) is 39.0 Å². The van der Waals surface area contributed by atoms with Crippen LogP contribution < -0.4 is 10.1 Å². The zero-order chi connectivity index (χ0) is 21.0. The zero-order valence-corrected chi connectivity index (χ0v) is 17.4. The molecule has 0 radical (unpaired) electrons. The fourth-order valence-electron chi connectivity index (χ4n) is 3.11. The highest BCUT2D eigenvalue weighted by atomic mass is 79.9. The Morgan fingerprint density at radius 2 is 1.79 bits per heavy atom. The van der Waals surface area contributed by atoms with Crippen LogP contribution in [-0.2, 0) is 19.1 Å². The maximum Gasteiger partial charge on any atom is 0.387 e. The number of benzene rings is 1. The van der Waals surface area contributed by atoms with E-state index in [1.165, 1.54) is 25.3 Å². The molecule has 2 rings (SSSR count). The van der Waals surface area contributed by atoms with E-state index >= 15 is 0 Å². The predicted molar refractivity (Wildman–Crippen MR) is 101 cm³/mol. The van der Waals surface area contributed by atoms with Gasteiger partial charge in [0.2, 0.25) is 0 Å². The molecule has 1 aromatic carbocycles. The van der Waals surface area contributed by atoms with Crippen LogP contribution in [0.1, 0.15) is 32.3 Å². The minimum Gasteiger partial charge on any atom is -0.466 e. The summed E-state index contributed by atoms with van der Waals surface area (Å²) in [5, 5.41) is 2.97. The average molecular weight is 460 g/mol. The van der Waals surface area contributed by atoms with Crippen molar-refractivity contribution < 1.29 is 32.6 Å². The van der Waals surface area contributed by atoms with Gasteiger partial charge in [0, 0.05) is 21.4 Å². The molecule has 0 saturated carbocycles. The number of methoxy groups -OCH3 is 1. The van der Waals surface area contributed by atoms with Crippen molar-refractivity contribution in [3.63, 3.8) is 0 Å². The molecular weight excluding hydrogens is 440 g/mol. The molecule has 1 heterocycles. The lowest BCUT2D eigenvalue weighted by molar-refractivity contribution is -0.139. The van der Waals surface area contributed by atoms with Crippen LogP contribution in [0, 0.1) is 0 Å². The van der Waals surface area contributed by atoms with Gasteiger partial charge in [-0.1, -0.05) is 15.9 Å². The smallest absolute Gasteiger partial charge is 0.387 e. The van der Waals surface area contributed by atoms with E-state index in [0.717, 1.165) is 0 Å². The van der Waals surface area contributed by atoms with Crippen LogP contribution in [0.2, 0.25) is 0 Å². The fourth-order valence-corrected chi connectivity index (χ4v) is 3.49. The van der Waals surface area contributed by atoms with Crippen molar-refractivity contribution in [3.05, 3.63) is 50.8 Å². The van der Waals surface area contributed by atoms with E-state index in [0.29, 0.717) is 15.9 Å². The van der Waals surface area contributed by atoms with Crippen LogP contribution in [0.4, 0.5) is 8.78 Å². The predicted octanol–water partition coefficient (Wildman–Crippen LogP) is 4.02. The third-order valence-electron chi connectivity index (χ3n) is 4.16. The summed E-state index contributed by atoms with van der Waals surface area (Å²) in [5.74, 6) is -2.55. The number of hydrogen-bond donors (Lipinski definition) is 1. The summed E-state index contributed by atoms with van der Waals surface area (Å²) in [6.07, 6.45) is 0. The summed E-state index contributed by atoms with van der Waals surface area (Å²) in [5.41, 5.74) is 1.30. The number of carbonyl (C=O) groups is 2. The minimum atomic E-state index is -3.08. The van der Waals surface area contributed by atoms with Crippen LogP contribution >= 0.6 is 15.9 Å². The number of carbonyl (C=O) groups excluding carboxylic acids is 2. The fraction of sp³-hybridized carbons (Fsp3) is 0.368. The maximum absolute atomic E-state index is 13.0. The van der Waals surface area contributed by atoms with Gasteiger partial charge in [-0.15, -0.1) is 0 Å². The van der Waals surface area contributed by atoms with Crippen LogP contribution in [0.25, 0.3) is 0 Å². The number of alkyl halides is 2. The molecule has 0 unspecified atom stereocenters. The van der Waals surface area contributed by atoms with Crippen LogP contribution in [0.3, 0.4) is 0 Å². The number of esters is 2. The van der Waals surface area contributed by atoms with Gasteiger partial charge in [0.1, 0.15) is 5.75 Å². The molecule has 0 bridgehead atoms. The molecule has 1 aliphatic heterocycles. The summed E-state index contributed by atoms with van der Waals surface area (Å²) < 4.78 is 41.2. The largest absolute Gasteiger partial charge is 0.466 e. The Labute approximate surface area is 169 Å². The number of rotatable bonds is 6. The van der Waals surface area contributed by atoms with Crippen molar-refractivity contribution in [1.29, 1.82) is 0 Å². The lowest BCUT2D eigenvalue weighted by Gasteiger charge is -2.31. The average Bonchev–Trinajstić information content (AvgIpc) is 2.61. The molecule has 1 aromatic rings. The third kappa shape index (κ3) is 4.52. The van der Waals surface area contributed by atoms with Crippen molar-refractivity contribution in [1.82, 2.24) is 5.32 Å². The van der Waals surface area contributed by atoms with Crippen molar-refractivity contribution in [2.75, 3.05) is 13.7 Å². The van der Waals surface area contributed by atoms with Gasteiger partial charge in [-0.25, -0.2) is 9.59 Å². The SMILES string of the molecule is CCOC(=O)C1=C(C)NC(C)=C(C(=O)OC)[C@@H]1c1cc(Br)ccc1OC(F)F. The first-order valence-corrected chi connectivity index (χ1v) is 9.18. The topological polar surface area (TPSA) is 73.9 Å². The first-order valence-electron chi connectivity index (χ1n) is 8.39. The second-order valence-electron chi connectivity index (χ2n) is 5.91. The van der Waals surface area contributed by atoms with Gasteiger partial charge < -0.3 is 19.5 Å². The molecule has 1 atom stereocenters. The molecule has 0 aromatic heterocycles. The van der Waals surface area contributed by atoms with E-state index in [2.05, 4.69) is 26.0 Å². The molecule has 28 heavy (non-hydrogen) atoms. The highest BCUT2D eigenvalue weighted by Gasteiger charge is 2.39. The highest BCUT2D eigenvalue weighted by molar-refractivity contribution is 9.10. The molecule has 0 aliphatic carbocycles. The standard InChI is InChI=1S/C19H20BrF2NO5/c1-5-27-18(25)15-10(3)23-9(2)14(17(24)26-4)16(15)12-8-11(20)6-7-13(12)28-19(21)22/h6-8,16,19,23H,5H2,1-4H3/t16-/m0/s1.